The molecule has 0 bridgehead atoms. The normalized spacial score (nSPS) is 24.6. The molecule has 3 atom stereocenters. The smallest absolute Gasteiger partial charge is 0.326 e. The molecule has 7 nitrogen and oxygen atoms in total. The Morgan fingerprint density at radius 1 is 1.47 bits per heavy atom. The highest BCUT2D eigenvalue weighted by atomic mass is 32.2. The summed E-state index contributed by atoms with van der Waals surface area (Å²) in [5.74, 6) is -1.21. The van der Waals surface area contributed by atoms with Crippen LogP contribution in [0.15, 0.2) is 0 Å². The van der Waals surface area contributed by atoms with Crippen LogP contribution in [0.25, 0.3) is 0 Å². The second-order valence-electron chi connectivity index (χ2n) is 4.52. The zero-order chi connectivity index (χ0) is 14.6. The van der Waals surface area contributed by atoms with Gasteiger partial charge in [0.1, 0.15) is 6.04 Å². The van der Waals surface area contributed by atoms with Crippen LogP contribution in [0.2, 0.25) is 0 Å². The lowest BCUT2D eigenvalue weighted by molar-refractivity contribution is -0.141. The van der Waals surface area contributed by atoms with Gasteiger partial charge in [-0.3, -0.25) is 4.79 Å². The van der Waals surface area contributed by atoms with Gasteiger partial charge in [0.25, 0.3) is 0 Å². The molecule has 8 heteroatoms. The number of amides is 3. The number of aliphatic carboxylic acids is 1. The van der Waals surface area contributed by atoms with Crippen molar-refractivity contribution in [3.63, 3.8) is 0 Å². The number of rotatable bonds is 4. The molecular formula is C11H19N3O4S. The van der Waals surface area contributed by atoms with Crippen LogP contribution in [0.4, 0.5) is 4.79 Å². The van der Waals surface area contributed by atoms with Gasteiger partial charge in [-0.15, -0.1) is 0 Å². The predicted molar refractivity (Wildman–Crippen MR) is 71.9 cm³/mol. The summed E-state index contributed by atoms with van der Waals surface area (Å²) in [5, 5.41) is 11.6. The number of urea groups is 1. The lowest BCUT2D eigenvalue weighted by Crippen LogP contribution is -2.55. The molecule has 4 N–H and O–H groups in total. The minimum Gasteiger partial charge on any atom is -0.480 e. The van der Waals surface area contributed by atoms with Crippen molar-refractivity contribution in [1.29, 1.82) is 0 Å². The molecule has 0 radical (unpaired) electrons. The fourth-order valence-corrected chi connectivity index (χ4v) is 2.95. The zero-order valence-electron chi connectivity index (χ0n) is 11.0. The number of thioether (sulfide) groups is 1. The average Bonchev–Trinajstić information content (AvgIpc) is 2.31. The summed E-state index contributed by atoms with van der Waals surface area (Å²) in [7, 11) is 0. The van der Waals surface area contributed by atoms with Gasteiger partial charge in [-0.25, -0.2) is 9.59 Å². The molecule has 0 saturated carbocycles. The van der Waals surface area contributed by atoms with E-state index in [4.69, 9.17) is 10.8 Å². The van der Waals surface area contributed by atoms with Crippen molar-refractivity contribution in [2.75, 3.05) is 12.3 Å². The highest BCUT2D eigenvalue weighted by molar-refractivity contribution is 8.00. The van der Waals surface area contributed by atoms with Gasteiger partial charge in [0.05, 0.1) is 6.42 Å². The maximum Gasteiger partial charge on any atom is 0.326 e. The summed E-state index contributed by atoms with van der Waals surface area (Å²) < 4.78 is 0. The summed E-state index contributed by atoms with van der Waals surface area (Å²) in [6, 6.07) is -1.72. The Morgan fingerprint density at radius 2 is 2.11 bits per heavy atom. The van der Waals surface area contributed by atoms with Gasteiger partial charge >= 0.3 is 12.0 Å². The van der Waals surface area contributed by atoms with Gasteiger partial charge in [0, 0.05) is 23.6 Å². The number of hydrogen-bond donors (Lipinski definition) is 3. The van der Waals surface area contributed by atoms with Crippen LogP contribution in [0, 0.1) is 0 Å². The molecule has 0 aliphatic carbocycles. The van der Waals surface area contributed by atoms with Crippen molar-refractivity contribution in [2.24, 2.45) is 5.73 Å². The molecule has 1 rings (SSSR count). The lowest BCUT2D eigenvalue weighted by atomic mass is 10.2. The first kappa shape index (κ1) is 15.6. The van der Waals surface area contributed by atoms with E-state index in [1.54, 1.807) is 16.7 Å². The van der Waals surface area contributed by atoms with E-state index in [9.17, 15) is 14.4 Å². The lowest BCUT2D eigenvalue weighted by Gasteiger charge is -2.37. The van der Waals surface area contributed by atoms with E-state index in [1.165, 1.54) is 0 Å². The highest BCUT2D eigenvalue weighted by Gasteiger charge is 2.31. The zero-order valence-corrected chi connectivity index (χ0v) is 11.8. The Kier molecular flexibility index (Phi) is 5.46. The van der Waals surface area contributed by atoms with Gasteiger partial charge in [0.15, 0.2) is 0 Å². The van der Waals surface area contributed by atoms with Crippen molar-refractivity contribution in [2.45, 2.75) is 37.6 Å². The van der Waals surface area contributed by atoms with Crippen LogP contribution in [0.3, 0.4) is 0 Å². The molecule has 1 aliphatic heterocycles. The first-order valence-electron chi connectivity index (χ1n) is 6.02. The summed E-state index contributed by atoms with van der Waals surface area (Å²) in [6.07, 6.45) is -0.409. The van der Waals surface area contributed by atoms with E-state index in [2.05, 4.69) is 5.32 Å². The average molecular weight is 289 g/mol. The van der Waals surface area contributed by atoms with Crippen molar-refractivity contribution < 1.29 is 19.5 Å². The SMILES string of the molecule is CC1SCCN(C(=O)N[C@@H](CC(N)=O)C(=O)O)C1C. The number of nitrogens with zero attached hydrogens (tertiary/aromatic N) is 1. The summed E-state index contributed by atoms with van der Waals surface area (Å²) in [4.78, 5) is 35.4. The molecule has 1 heterocycles. The molecular weight excluding hydrogens is 270 g/mol. The van der Waals surface area contributed by atoms with E-state index in [0.29, 0.717) is 11.8 Å². The summed E-state index contributed by atoms with van der Waals surface area (Å²) in [6.45, 7) is 4.50. The number of primary amides is 1. The Bertz CT molecular complexity index is 377. The van der Waals surface area contributed by atoms with E-state index >= 15 is 0 Å². The second-order valence-corrected chi connectivity index (χ2v) is 6.01. The van der Waals surface area contributed by atoms with Crippen LogP contribution in [0.5, 0.6) is 0 Å². The highest BCUT2D eigenvalue weighted by Crippen LogP contribution is 2.24. The van der Waals surface area contributed by atoms with E-state index < -0.39 is 30.4 Å². The van der Waals surface area contributed by atoms with Crippen LogP contribution in [-0.4, -0.2) is 57.5 Å². The first-order chi connectivity index (χ1) is 8.82. The van der Waals surface area contributed by atoms with Crippen LogP contribution in [-0.2, 0) is 9.59 Å². The molecule has 0 aromatic rings. The van der Waals surface area contributed by atoms with Gasteiger partial charge < -0.3 is 21.1 Å². The van der Waals surface area contributed by atoms with Gasteiger partial charge in [-0.2, -0.15) is 11.8 Å². The summed E-state index contributed by atoms with van der Waals surface area (Å²) >= 11 is 1.77. The molecule has 1 saturated heterocycles. The maximum atomic E-state index is 12.0. The number of carbonyl (C=O) groups excluding carboxylic acids is 2. The van der Waals surface area contributed by atoms with Gasteiger partial charge in [-0.05, 0) is 6.92 Å². The van der Waals surface area contributed by atoms with Gasteiger partial charge in [-0.1, -0.05) is 6.92 Å². The number of hydrogen-bond acceptors (Lipinski definition) is 4. The van der Waals surface area contributed by atoms with Crippen LogP contribution < -0.4 is 11.1 Å². The molecule has 1 aliphatic rings. The molecule has 0 spiro atoms. The molecule has 0 aromatic carbocycles. The molecule has 1 fully saturated rings. The number of carbonyl (C=O) groups is 3. The predicted octanol–water partition coefficient (Wildman–Crippen LogP) is -0.150. The summed E-state index contributed by atoms with van der Waals surface area (Å²) in [5.41, 5.74) is 4.96. The van der Waals surface area contributed by atoms with Crippen molar-refractivity contribution in [3.8, 4) is 0 Å². The molecule has 19 heavy (non-hydrogen) atoms. The largest absolute Gasteiger partial charge is 0.480 e. The fraction of sp³-hybridized carbons (Fsp3) is 0.727. The van der Waals surface area contributed by atoms with E-state index in [1.807, 2.05) is 13.8 Å². The number of carboxylic acids is 1. The number of carboxylic acid groups (broad SMARTS) is 1. The third kappa shape index (κ3) is 4.30. The number of nitrogens with one attached hydrogen (secondary N) is 1. The molecule has 2 unspecified atom stereocenters. The molecule has 108 valence electrons. The monoisotopic (exact) mass is 289 g/mol. The van der Waals surface area contributed by atoms with Gasteiger partial charge in [0.2, 0.25) is 5.91 Å². The maximum absolute atomic E-state index is 12.0. The Morgan fingerprint density at radius 3 is 2.63 bits per heavy atom. The minimum absolute atomic E-state index is 0.0155. The number of nitrogens with two attached hydrogens (primary N) is 1. The standard InChI is InChI=1S/C11H19N3O4S/c1-6-7(2)19-4-3-14(6)11(18)13-8(10(16)17)5-9(12)15/h6-8H,3-5H2,1-2H3,(H2,12,15)(H,13,18)(H,16,17)/t6?,7?,8-/m0/s1. The first-order valence-corrected chi connectivity index (χ1v) is 7.07. The van der Waals surface area contributed by atoms with Crippen molar-refractivity contribution >= 4 is 29.7 Å². The van der Waals surface area contributed by atoms with Crippen LogP contribution >= 0.6 is 11.8 Å². The van der Waals surface area contributed by atoms with E-state index in [-0.39, 0.29) is 6.04 Å². The fourth-order valence-electron chi connectivity index (χ4n) is 1.85. The van der Waals surface area contributed by atoms with E-state index in [0.717, 1.165) is 5.75 Å². The molecule has 0 aromatic heterocycles. The topological polar surface area (TPSA) is 113 Å². The van der Waals surface area contributed by atoms with Crippen LogP contribution in [0.1, 0.15) is 20.3 Å². The Balaban J connectivity index is 2.65. The Hall–Kier alpha value is -1.44. The quantitative estimate of drug-likeness (QED) is 0.666. The third-order valence-electron chi connectivity index (χ3n) is 3.15. The van der Waals surface area contributed by atoms with Crippen molar-refractivity contribution in [1.82, 2.24) is 10.2 Å². The Labute approximate surface area is 115 Å². The minimum atomic E-state index is -1.28. The second kappa shape index (κ2) is 6.65. The molecule has 3 amide bonds. The third-order valence-corrected chi connectivity index (χ3v) is 4.48. The van der Waals surface area contributed by atoms with Crippen molar-refractivity contribution in [3.05, 3.63) is 0 Å².